The van der Waals surface area contributed by atoms with Crippen molar-refractivity contribution in [2.45, 2.75) is 6.54 Å². The summed E-state index contributed by atoms with van der Waals surface area (Å²) < 4.78 is 10.4. The van der Waals surface area contributed by atoms with E-state index in [1.165, 1.54) is 0 Å². The first-order chi connectivity index (χ1) is 6.81. The Bertz CT molecular complexity index is 347. The lowest BCUT2D eigenvalue weighted by Crippen LogP contribution is -2.00. The van der Waals surface area contributed by atoms with E-state index in [2.05, 4.69) is 5.92 Å². The second kappa shape index (κ2) is 6.99. The maximum atomic E-state index is 5.50. The average Bonchev–Trinajstić information content (AvgIpc) is 2.25. The summed E-state index contributed by atoms with van der Waals surface area (Å²) in [5.41, 5.74) is 6.49. The molecule has 4 heteroatoms. The first kappa shape index (κ1) is 13.6. The zero-order chi connectivity index (χ0) is 10.4. The molecule has 0 atom stereocenters. The molecule has 0 saturated heterocycles. The molecule has 0 aliphatic carbocycles. The maximum Gasteiger partial charge on any atom is 0.162 e. The number of benzene rings is 1. The summed E-state index contributed by atoms with van der Waals surface area (Å²) >= 11 is 0. The lowest BCUT2D eigenvalue weighted by Gasteiger charge is -2.09. The Labute approximate surface area is 96.0 Å². The SMILES string of the molecule is C#CCOc1cc(CN)ccc1OC.Cl. The van der Waals surface area contributed by atoms with Gasteiger partial charge in [-0.2, -0.15) is 0 Å². The van der Waals surface area contributed by atoms with Crippen LogP contribution in [0.15, 0.2) is 18.2 Å². The number of nitrogens with two attached hydrogens (primary N) is 1. The predicted octanol–water partition coefficient (Wildman–Crippen LogP) is 1.59. The van der Waals surface area contributed by atoms with Gasteiger partial charge in [-0.15, -0.1) is 18.8 Å². The molecular weight excluding hydrogens is 214 g/mol. The van der Waals surface area contributed by atoms with E-state index in [0.29, 0.717) is 18.0 Å². The van der Waals surface area contributed by atoms with Crippen LogP contribution in [0.25, 0.3) is 0 Å². The minimum Gasteiger partial charge on any atom is -0.493 e. The summed E-state index contributed by atoms with van der Waals surface area (Å²) in [7, 11) is 1.58. The average molecular weight is 228 g/mol. The molecule has 0 radical (unpaired) electrons. The number of ether oxygens (including phenoxy) is 2. The van der Waals surface area contributed by atoms with Crippen molar-refractivity contribution in [1.82, 2.24) is 0 Å². The monoisotopic (exact) mass is 227 g/mol. The molecule has 0 amide bonds. The van der Waals surface area contributed by atoms with Gasteiger partial charge in [-0.3, -0.25) is 0 Å². The first-order valence-electron chi connectivity index (χ1n) is 4.25. The highest BCUT2D eigenvalue weighted by Crippen LogP contribution is 2.27. The van der Waals surface area contributed by atoms with Crippen molar-refractivity contribution < 1.29 is 9.47 Å². The van der Waals surface area contributed by atoms with Crippen LogP contribution in [0.4, 0.5) is 0 Å². The van der Waals surface area contributed by atoms with Crippen molar-refractivity contribution in [1.29, 1.82) is 0 Å². The largest absolute Gasteiger partial charge is 0.493 e. The van der Waals surface area contributed by atoms with E-state index in [0.717, 1.165) is 5.56 Å². The Balaban J connectivity index is 0.00000196. The van der Waals surface area contributed by atoms with Gasteiger partial charge < -0.3 is 15.2 Å². The molecule has 1 aromatic carbocycles. The molecule has 0 saturated carbocycles. The summed E-state index contributed by atoms with van der Waals surface area (Å²) in [6.07, 6.45) is 5.10. The van der Waals surface area contributed by atoms with Gasteiger partial charge in [0.1, 0.15) is 6.61 Å². The predicted molar refractivity (Wildman–Crippen MR) is 62.5 cm³/mol. The van der Waals surface area contributed by atoms with E-state index in [-0.39, 0.29) is 19.0 Å². The van der Waals surface area contributed by atoms with Crippen molar-refractivity contribution in [3.63, 3.8) is 0 Å². The highest BCUT2D eigenvalue weighted by molar-refractivity contribution is 5.85. The third-order valence-electron chi connectivity index (χ3n) is 1.77. The molecule has 0 aliphatic heterocycles. The third-order valence-corrected chi connectivity index (χ3v) is 1.77. The van der Waals surface area contributed by atoms with Crippen LogP contribution < -0.4 is 15.2 Å². The van der Waals surface area contributed by atoms with Gasteiger partial charge in [0.2, 0.25) is 0 Å². The van der Waals surface area contributed by atoms with E-state index in [1.807, 2.05) is 18.2 Å². The van der Waals surface area contributed by atoms with Crippen LogP contribution in [0, 0.1) is 12.3 Å². The standard InChI is InChI=1S/C11H13NO2.ClH/c1-3-6-14-11-7-9(8-12)4-5-10(11)13-2;/h1,4-5,7H,6,8,12H2,2H3;1H. The Morgan fingerprint density at radius 2 is 2.13 bits per heavy atom. The Morgan fingerprint density at radius 1 is 1.40 bits per heavy atom. The molecule has 1 aromatic rings. The Hall–Kier alpha value is -1.37. The van der Waals surface area contributed by atoms with Gasteiger partial charge in [0.15, 0.2) is 11.5 Å². The number of methoxy groups -OCH3 is 1. The second-order valence-corrected chi connectivity index (χ2v) is 2.68. The van der Waals surface area contributed by atoms with Crippen LogP contribution >= 0.6 is 12.4 Å². The fraction of sp³-hybridized carbons (Fsp3) is 0.273. The highest BCUT2D eigenvalue weighted by atomic mass is 35.5. The molecule has 15 heavy (non-hydrogen) atoms. The summed E-state index contributed by atoms with van der Waals surface area (Å²) in [6.45, 7) is 0.695. The molecule has 0 unspecified atom stereocenters. The first-order valence-corrected chi connectivity index (χ1v) is 4.25. The lowest BCUT2D eigenvalue weighted by atomic mass is 10.2. The topological polar surface area (TPSA) is 44.5 Å². The van der Waals surface area contributed by atoms with Crippen molar-refractivity contribution in [3.8, 4) is 23.8 Å². The zero-order valence-corrected chi connectivity index (χ0v) is 9.34. The number of hydrogen-bond acceptors (Lipinski definition) is 3. The van der Waals surface area contributed by atoms with Crippen LogP contribution in [0.1, 0.15) is 5.56 Å². The molecule has 0 heterocycles. The molecule has 0 fully saturated rings. The van der Waals surface area contributed by atoms with Crippen LogP contribution in [0.3, 0.4) is 0 Å². The van der Waals surface area contributed by atoms with Crippen molar-refractivity contribution in [2.75, 3.05) is 13.7 Å². The Kier molecular flexibility index (Phi) is 6.35. The number of terminal acetylenes is 1. The quantitative estimate of drug-likeness (QED) is 0.795. The Morgan fingerprint density at radius 3 is 2.67 bits per heavy atom. The van der Waals surface area contributed by atoms with Gasteiger partial charge in [0.25, 0.3) is 0 Å². The summed E-state index contributed by atoms with van der Waals surface area (Å²) in [4.78, 5) is 0. The molecule has 82 valence electrons. The van der Waals surface area contributed by atoms with Gasteiger partial charge in [-0.05, 0) is 17.7 Å². The maximum absolute atomic E-state index is 5.50. The molecule has 0 aromatic heterocycles. The molecule has 0 aliphatic rings. The lowest BCUT2D eigenvalue weighted by molar-refractivity contribution is 0.330. The van der Waals surface area contributed by atoms with Gasteiger partial charge in [-0.1, -0.05) is 12.0 Å². The van der Waals surface area contributed by atoms with E-state index in [9.17, 15) is 0 Å². The fourth-order valence-corrected chi connectivity index (χ4v) is 1.08. The van der Waals surface area contributed by atoms with Gasteiger partial charge >= 0.3 is 0 Å². The zero-order valence-electron chi connectivity index (χ0n) is 8.53. The van der Waals surface area contributed by atoms with E-state index >= 15 is 0 Å². The van der Waals surface area contributed by atoms with Crippen LogP contribution in [-0.4, -0.2) is 13.7 Å². The molecule has 1 rings (SSSR count). The van der Waals surface area contributed by atoms with E-state index < -0.39 is 0 Å². The highest BCUT2D eigenvalue weighted by Gasteiger charge is 2.04. The van der Waals surface area contributed by atoms with Crippen molar-refractivity contribution in [3.05, 3.63) is 23.8 Å². The summed E-state index contributed by atoms with van der Waals surface area (Å²) in [6, 6.07) is 5.53. The minimum absolute atomic E-state index is 0. The molecular formula is C11H14ClNO2. The van der Waals surface area contributed by atoms with Gasteiger partial charge in [0, 0.05) is 6.54 Å². The van der Waals surface area contributed by atoms with Crippen molar-refractivity contribution in [2.24, 2.45) is 5.73 Å². The van der Waals surface area contributed by atoms with Crippen molar-refractivity contribution >= 4 is 12.4 Å². The molecule has 3 nitrogen and oxygen atoms in total. The van der Waals surface area contributed by atoms with Gasteiger partial charge in [-0.25, -0.2) is 0 Å². The summed E-state index contributed by atoms with van der Waals surface area (Å²) in [5.74, 6) is 3.69. The van der Waals surface area contributed by atoms with E-state index in [4.69, 9.17) is 21.6 Å². The van der Waals surface area contributed by atoms with Gasteiger partial charge in [0.05, 0.1) is 7.11 Å². The number of hydrogen-bond donors (Lipinski definition) is 1. The number of halogens is 1. The van der Waals surface area contributed by atoms with E-state index in [1.54, 1.807) is 7.11 Å². The minimum atomic E-state index is 0. The smallest absolute Gasteiger partial charge is 0.162 e. The molecule has 0 bridgehead atoms. The molecule has 0 spiro atoms. The normalized spacial score (nSPS) is 8.60. The summed E-state index contributed by atoms with van der Waals surface area (Å²) in [5, 5.41) is 0. The van der Waals surface area contributed by atoms with Crippen LogP contribution in [0.2, 0.25) is 0 Å². The fourth-order valence-electron chi connectivity index (χ4n) is 1.08. The third kappa shape index (κ3) is 3.70. The van der Waals surface area contributed by atoms with Crippen LogP contribution in [0.5, 0.6) is 11.5 Å². The molecule has 2 N–H and O–H groups in total. The second-order valence-electron chi connectivity index (χ2n) is 2.68. The van der Waals surface area contributed by atoms with Crippen LogP contribution in [-0.2, 0) is 6.54 Å². The number of rotatable bonds is 4.